The average molecular weight is 329 g/mol. The summed E-state index contributed by atoms with van der Waals surface area (Å²) in [6.07, 6.45) is 2.20. The Morgan fingerprint density at radius 3 is 2.32 bits per heavy atom. The van der Waals surface area contributed by atoms with Gasteiger partial charge in [0.15, 0.2) is 11.5 Å². The Morgan fingerprint density at radius 1 is 1.16 bits per heavy atom. The molecule has 2 rings (SSSR count). The molecule has 1 atom stereocenters. The Bertz CT molecular complexity index is 428. The number of ether oxygens (including phenoxy) is 3. The summed E-state index contributed by atoms with van der Waals surface area (Å²) in [7, 11) is 3.34. The lowest BCUT2D eigenvalue weighted by Gasteiger charge is -2.28. The smallest absolute Gasteiger partial charge is 0.161 e. The van der Waals surface area contributed by atoms with E-state index < -0.39 is 0 Å². The summed E-state index contributed by atoms with van der Waals surface area (Å²) in [4.78, 5) is 0.344. The largest absolute Gasteiger partial charge is 0.493 e. The molecule has 0 amide bonds. The van der Waals surface area contributed by atoms with Crippen LogP contribution in [0.3, 0.4) is 0 Å². The SMILES string of the molecule is COc1cc(C)c(C(Br)C2CCOCC2)cc1OC. The van der Waals surface area contributed by atoms with Crippen molar-refractivity contribution in [3.8, 4) is 11.5 Å². The van der Waals surface area contributed by atoms with Gasteiger partial charge in [0.05, 0.1) is 14.2 Å². The molecule has 0 spiro atoms. The maximum atomic E-state index is 5.43. The quantitative estimate of drug-likeness (QED) is 0.785. The maximum absolute atomic E-state index is 5.43. The fourth-order valence-electron chi connectivity index (χ4n) is 2.56. The molecule has 0 radical (unpaired) electrons. The van der Waals surface area contributed by atoms with Gasteiger partial charge < -0.3 is 14.2 Å². The van der Waals surface area contributed by atoms with Gasteiger partial charge in [-0.25, -0.2) is 0 Å². The number of benzene rings is 1. The van der Waals surface area contributed by atoms with Gasteiger partial charge in [0.1, 0.15) is 0 Å². The Kier molecular flexibility index (Phi) is 5.11. The predicted octanol–water partition coefficient (Wildman–Crippen LogP) is 3.87. The van der Waals surface area contributed by atoms with E-state index in [0.717, 1.165) is 37.6 Å². The molecule has 1 saturated heterocycles. The molecule has 1 aromatic carbocycles. The molecule has 1 aliphatic heterocycles. The van der Waals surface area contributed by atoms with Crippen molar-refractivity contribution in [3.63, 3.8) is 0 Å². The molecule has 0 aromatic heterocycles. The summed E-state index contributed by atoms with van der Waals surface area (Å²) >= 11 is 3.86. The fraction of sp³-hybridized carbons (Fsp3) is 0.600. The second-order valence-corrected chi connectivity index (χ2v) is 5.90. The minimum atomic E-state index is 0.344. The molecule has 106 valence electrons. The topological polar surface area (TPSA) is 27.7 Å². The Balaban J connectivity index is 2.27. The van der Waals surface area contributed by atoms with Crippen LogP contribution < -0.4 is 9.47 Å². The van der Waals surface area contributed by atoms with Crippen LogP contribution in [0.5, 0.6) is 11.5 Å². The van der Waals surface area contributed by atoms with Crippen LogP contribution in [-0.4, -0.2) is 27.4 Å². The van der Waals surface area contributed by atoms with Crippen molar-refractivity contribution < 1.29 is 14.2 Å². The highest BCUT2D eigenvalue weighted by molar-refractivity contribution is 9.09. The van der Waals surface area contributed by atoms with Gasteiger partial charge in [-0.2, -0.15) is 0 Å². The number of hydrogen-bond donors (Lipinski definition) is 0. The van der Waals surface area contributed by atoms with E-state index in [-0.39, 0.29) is 0 Å². The standard InChI is InChI=1S/C15H21BrO3/c1-10-8-13(17-2)14(18-3)9-12(10)15(16)11-4-6-19-7-5-11/h8-9,11,15H,4-7H2,1-3H3. The molecular weight excluding hydrogens is 308 g/mol. The van der Waals surface area contributed by atoms with E-state index in [4.69, 9.17) is 14.2 Å². The maximum Gasteiger partial charge on any atom is 0.161 e. The van der Waals surface area contributed by atoms with E-state index >= 15 is 0 Å². The van der Waals surface area contributed by atoms with Crippen LogP contribution in [0, 0.1) is 12.8 Å². The summed E-state index contributed by atoms with van der Waals surface area (Å²) < 4.78 is 16.2. The van der Waals surface area contributed by atoms with Crippen LogP contribution >= 0.6 is 15.9 Å². The molecule has 3 nitrogen and oxygen atoms in total. The second kappa shape index (κ2) is 6.62. The van der Waals surface area contributed by atoms with Gasteiger partial charge in [0, 0.05) is 18.0 Å². The van der Waals surface area contributed by atoms with Crippen LogP contribution in [0.1, 0.15) is 28.8 Å². The van der Waals surface area contributed by atoms with Crippen molar-refractivity contribution in [1.82, 2.24) is 0 Å². The van der Waals surface area contributed by atoms with Crippen molar-refractivity contribution in [2.75, 3.05) is 27.4 Å². The van der Waals surface area contributed by atoms with Gasteiger partial charge in [-0.1, -0.05) is 15.9 Å². The van der Waals surface area contributed by atoms with Crippen molar-refractivity contribution in [2.24, 2.45) is 5.92 Å². The van der Waals surface area contributed by atoms with Gasteiger partial charge >= 0.3 is 0 Å². The lowest BCUT2D eigenvalue weighted by molar-refractivity contribution is 0.0661. The van der Waals surface area contributed by atoms with E-state index in [2.05, 4.69) is 28.9 Å². The predicted molar refractivity (Wildman–Crippen MR) is 79.5 cm³/mol. The highest BCUT2D eigenvalue weighted by atomic mass is 79.9. The first-order valence-corrected chi connectivity index (χ1v) is 7.53. The van der Waals surface area contributed by atoms with Crippen molar-refractivity contribution in [3.05, 3.63) is 23.3 Å². The number of rotatable bonds is 4. The molecule has 19 heavy (non-hydrogen) atoms. The molecule has 1 aliphatic rings. The Morgan fingerprint density at radius 2 is 1.74 bits per heavy atom. The molecule has 0 saturated carbocycles. The molecule has 0 aliphatic carbocycles. The van der Waals surface area contributed by atoms with Crippen LogP contribution in [0.2, 0.25) is 0 Å². The molecule has 0 N–H and O–H groups in total. The van der Waals surface area contributed by atoms with E-state index in [1.165, 1.54) is 11.1 Å². The van der Waals surface area contributed by atoms with Crippen LogP contribution in [-0.2, 0) is 4.74 Å². The minimum Gasteiger partial charge on any atom is -0.493 e. The first-order chi connectivity index (χ1) is 9.17. The molecular formula is C15H21BrO3. The lowest BCUT2D eigenvalue weighted by Crippen LogP contribution is -2.19. The second-order valence-electron chi connectivity index (χ2n) is 4.92. The highest BCUT2D eigenvalue weighted by Crippen LogP contribution is 2.42. The number of aryl methyl sites for hydroxylation is 1. The van der Waals surface area contributed by atoms with Gasteiger partial charge in [-0.05, 0) is 48.9 Å². The van der Waals surface area contributed by atoms with E-state index in [0.29, 0.717) is 10.7 Å². The third-order valence-electron chi connectivity index (χ3n) is 3.75. The Labute approximate surface area is 123 Å². The number of methoxy groups -OCH3 is 2. The summed E-state index contributed by atoms with van der Waals surface area (Å²) in [6, 6.07) is 4.13. The highest BCUT2D eigenvalue weighted by Gasteiger charge is 2.25. The zero-order valence-corrected chi connectivity index (χ0v) is 13.3. The molecule has 0 bridgehead atoms. The normalized spacial score (nSPS) is 18.1. The first kappa shape index (κ1) is 14.7. The van der Waals surface area contributed by atoms with Crippen molar-refractivity contribution >= 4 is 15.9 Å². The van der Waals surface area contributed by atoms with E-state index in [1.807, 2.05) is 6.07 Å². The summed E-state index contributed by atoms with van der Waals surface area (Å²) in [5.74, 6) is 2.19. The third-order valence-corrected chi connectivity index (χ3v) is 4.99. The number of halogens is 1. The molecule has 1 fully saturated rings. The van der Waals surface area contributed by atoms with Gasteiger partial charge in [0.25, 0.3) is 0 Å². The fourth-order valence-corrected chi connectivity index (χ4v) is 3.58. The summed E-state index contributed by atoms with van der Waals surface area (Å²) in [6.45, 7) is 3.84. The number of alkyl halides is 1. The third kappa shape index (κ3) is 3.23. The number of hydrogen-bond acceptors (Lipinski definition) is 3. The summed E-state index contributed by atoms with van der Waals surface area (Å²) in [5.41, 5.74) is 2.51. The van der Waals surface area contributed by atoms with Crippen LogP contribution in [0.25, 0.3) is 0 Å². The Hall–Kier alpha value is -0.740. The van der Waals surface area contributed by atoms with Crippen LogP contribution in [0.4, 0.5) is 0 Å². The summed E-state index contributed by atoms with van der Waals surface area (Å²) in [5, 5.41) is 0. The van der Waals surface area contributed by atoms with E-state index in [9.17, 15) is 0 Å². The van der Waals surface area contributed by atoms with Crippen molar-refractivity contribution in [2.45, 2.75) is 24.6 Å². The monoisotopic (exact) mass is 328 g/mol. The van der Waals surface area contributed by atoms with Crippen LogP contribution in [0.15, 0.2) is 12.1 Å². The van der Waals surface area contributed by atoms with Gasteiger partial charge in [-0.15, -0.1) is 0 Å². The molecule has 1 unspecified atom stereocenters. The molecule has 1 aromatic rings. The average Bonchev–Trinajstić information content (AvgIpc) is 2.47. The van der Waals surface area contributed by atoms with Crippen molar-refractivity contribution in [1.29, 1.82) is 0 Å². The zero-order valence-electron chi connectivity index (χ0n) is 11.7. The molecule has 1 heterocycles. The first-order valence-electron chi connectivity index (χ1n) is 6.61. The van der Waals surface area contributed by atoms with E-state index in [1.54, 1.807) is 14.2 Å². The minimum absolute atomic E-state index is 0.344. The lowest BCUT2D eigenvalue weighted by atomic mass is 9.90. The van der Waals surface area contributed by atoms with Gasteiger partial charge in [-0.3, -0.25) is 0 Å². The van der Waals surface area contributed by atoms with Gasteiger partial charge in [0.2, 0.25) is 0 Å². The molecule has 4 heteroatoms. The zero-order chi connectivity index (χ0) is 13.8.